The van der Waals surface area contributed by atoms with Gasteiger partial charge >= 0.3 is 11.9 Å². The molecule has 9 N–H and O–H groups in total. The Morgan fingerprint density at radius 1 is 0.892 bits per heavy atom. The molecule has 0 aliphatic carbocycles. The van der Waals surface area contributed by atoms with Crippen LogP contribution in [0.15, 0.2) is 30.3 Å². The second-order valence-electron chi connectivity index (χ2n) is 9.01. The van der Waals surface area contributed by atoms with Crippen molar-refractivity contribution in [2.75, 3.05) is 6.54 Å². The Balaban J connectivity index is 2.99. The van der Waals surface area contributed by atoms with Gasteiger partial charge in [-0.3, -0.25) is 19.2 Å². The van der Waals surface area contributed by atoms with Crippen LogP contribution >= 0.6 is 0 Å². The van der Waals surface area contributed by atoms with E-state index < -0.39 is 60.2 Å². The molecule has 37 heavy (non-hydrogen) atoms. The van der Waals surface area contributed by atoms with E-state index in [0.717, 1.165) is 5.56 Å². The van der Waals surface area contributed by atoms with Gasteiger partial charge in [0.05, 0.1) is 12.5 Å². The van der Waals surface area contributed by atoms with Crippen molar-refractivity contribution in [1.29, 1.82) is 0 Å². The SMILES string of the molecule is CCC(C)C(NC(=O)C(CCCCN)NC(=O)C(CC(=O)O)NC(=O)C(N)Cc1ccccc1)C(=O)O. The molecule has 12 heteroatoms. The highest BCUT2D eigenvalue weighted by Gasteiger charge is 2.32. The second kappa shape index (κ2) is 16.3. The van der Waals surface area contributed by atoms with Gasteiger partial charge in [0, 0.05) is 0 Å². The Hall–Kier alpha value is -3.51. The van der Waals surface area contributed by atoms with Gasteiger partial charge in [0.2, 0.25) is 17.7 Å². The van der Waals surface area contributed by atoms with Crippen LogP contribution in [0.3, 0.4) is 0 Å². The van der Waals surface area contributed by atoms with E-state index in [2.05, 4.69) is 16.0 Å². The number of unbranched alkanes of at least 4 members (excludes halogenated alkanes) is 1. The Kier molecular flexibility index (Phi) is 13.9. The molecule has 0 saturated heterocycles. The molecule has 5 atom stereocenters. The summed E-state index contributed by atoms with van der Waals surface area (Å²) in [5.41, 5.74) is 12.3. The topological polar surface area (TPSA) is 214 Å². The molecule has 3 amide bonds. The first kappa shape index (κ1) is 31.5. The fourth-order valence-electron chi connectivity index (χ4n) is 3.59. The Labute approximate surface area is 216 Å². The van der Waals surface area contributed by atoms with Gasteiger partial charge in [0.15, 0.2) is 0 Å². The minimum Gasteiger partial charge on any atom is -0.481 e. The van der Waals surface area contributed by atoms with Gasteiger partial charge in [0.25, 0.3) is 0 Å². The molecule has 1 aromatic carbocycles. The van der Waals surface area contributed by atoms with Crippen LogP contribution in [0.5, 0.6) is 0 Å². The molecule has 0 fully saturated rings. The zero-order chi connectivity index (χ0) is 28.0. The lowest BCUT2D eigenvalue weighted by atomic mass is 9.98. The largest absolute Gasteiger partial charge is 0.481 e. The number of amides is 3. The molecule has 1 aromatic rings. The number of rotatable bonds is 17. The van der Waals surface area contributed by atoms with Crippen LogP contribution in [-0.2, 0) is 30.4 Å². The zero-order valence-electron chi connectivity index (χ0n) is 21.3. The maximum atomic E-state index is 13.0. The third-order valence-electron chi connectivity index (χ3n) is 6.00. The average Bonchev–Trinajstić information content (AvgIpc) is 2.85. The molecule has 0 aromatic heterocycles. The highest BCUT2D eigenvalue weighted by Crippen LogP contribution is 2.10. The molecule has 5 unspecified atom stereocenters. The van der Waals surface area contributed by atoms with Gasteiger partial charge in [-0.2, -0.15) is 0 Å². The van der Waals surface area contributed by atoms with E-state index in [1.165, 1.54) is 0 Å². The van der Waals surface area contributed by atoms with E-state index in [1.807, 2.05) is 6.07 Å². The van der Waals surface area contributed by atoms with Crippen molar-refractivity contribution < 1.29 is 34.2 Å². The van der Waals surface area contributed by atoms with Crippen LogP contribution in [0.4, 0.5) is 0 Å². The molecule has 0 aliphatic rings. The molecule has 0 saturated carbocycles. The monoisotopic (exact) mass is 521 g/mol. The predicted molar refractivity (Wildman–Crippen MR) is 136 cm³/mol. The molecule has 0 spiro atoms. The van der Waals surface area contributed by atoms with Crippen LogP contribution in [-0.4, -0.2) is 70.6 Å². The van der Waals surface area contributed by atoms with Gasteiger partial charge in [0.1, 0.15) is 18.1 Å². The predicted octanol–water partition coefficient (Wildman–Crippen LogP) is -0.255. The van der Waals surface area contributed by atoms with Crippen LogP contribution in [0.2, 0.25) is 0 Å². The van der Waals surface area contributed by atoms with E-state index in [4.69, 9.17) is 11.5 Å². The Bertz CT molecular complexity index is 912. The number of nitrogens with two attached hydrogens (primary N) is 2. The van der Waals surface area contributed by atoms with Gasteiger partial charge in [-0.1, -0.05) is 50.6 Å². The van der Waals surface area contributed by atoms with E-state index >= 15 is 0 Å². The van der Waals surface area contributed by atoms with E-state index in [9.17, 15) is 34.2 Å². The molecule has 12 nitrogen and oxygen atoms in total. The summed E-state index contributed by atoms with van der Waals surface area (Å²) in [5, 5.41) is 26.1. The summed E-state index contributed by atoms with van der Waals surface area (Å²) >= 11 is 0. The zero-order valence-corrected chi connectivity index (χ0v) is 21.3. The van der Waals surface area contributed by atoms with Gasteiger partial charge in [-0.05, 0) is 43.7 Å². The highest BCUT2D eigenvalue weighted by molar-refractivity contribution is 5.95. The molecule has 206 valence electrons. The van der Waals surface area contributed by atoms with Crippen LogP contribution in [0.25, 0.3) is 0 Å². The molecule has 0 bridgehead atoms. The van der Waals surface area contributed by atoms with Crippen molar-refractivity contribution in [2.45, 2.75) is 76.5 Å². The van der Waals surface area contributed by atoms with Crippen molar-refractivity contribution in [3.05, 3.63) is 35.9 Å². The number of carboxylic acids is 2. The fourth-order valence-corrected chi connectivity index (χ4v) is 3.59. The van der Waals surface area contributed by atoms with Crippen LogP contribution in [0, 0.1) is 5.92 Å². The number of hydrogen-bond donors (Lipinski definition) is 7. The summed E-state index contributed by atoms with van der Waals surface area (Å²) in [6.07, 6.45) is 1.08. The summed E-state index contributed by atoms with van der Waals surface area (Å²) in [5.74, 6) is -5.27. The normalized spacial score (nSPS) is 14.9. The van der Waals surface area contributed by atoms with Gasteiger partial charge in [-0.25, -0.2) is 4.79 Å². The first-order valence-corrected chi connectivity index (χ1v) is 12.3. The number of carbonyl (C=O) groups excluding carboxylic acids is 3. The van der Waals surface area contributed by atoms with Crippen LogP contribution in [0.1, 0.15) is 51.5 Å². The van der Waals surface area contributed by atoms with E-state index in [0.29, 0.717) is 25.8 Å². The summed E-state index contributed by atoms with van der Waals surface area (Å²) < 4.78 is 0. The number of carbonyl (C=O) groups is 5. The number of carboxylic acid groups (broad SMARTS) is 2. The summed E-state index contributed by atoms with van der Waals surface area (Å²) in [4.78, 5) is 61.6. The van der Waals surface area contributed by atoms with Crippen LogP contribution < -0.4 is 27.4 Å². The molecule has 0 aliphatic heterocycles. The third-order valence-corrected chi connectivity index (χ3v) is 6.00. The first-order valence-electron chi connectivity index (χ1n) is 12.3. The molecule has 1 rings (SSSR count). The molecular formula is C25H39N5O7. The first-order chi connectivity index (χ1) is 17.5. The molecular weight excluding hydrogens is 482 g/mol. The van der Waals surface area contributed by atoms with Crippen molar-refractivity contribution in [2.24, 2.45) is 17.4 Å². The summed E-state index contributed by atoms with van der Waals surface area (Å²) in [7, 11) is 0. The maximum Gasteiger partial charge on any atom is 0.326 e. The lowest BCUT2D eigenvalue weighted by molar-refractivity contribution is -0.144. The number of aliphatic carboxylic acids is 2. The quantitative estimate of drug-likeness (QED) is 0.134. The molecule has 0 radical (unpaired) electrons. The van der Waals surface area contributed by atoms with Gasteiger partial charge in [-0.15, -0.1) is 0 Å². The van der Waals surface area contributed by atoms with Crippen molar-refractivity contribution in [3.8, 4) is 0 Å². The Morgan fingerprint density at radius 2 is 1.49 bits per heavy atom. The highest BCUT2D eigenvalue weighted by atomic mass is 16.4. The maximum absolute atomic E-state index is 13.0. The fraction of sp³-hybridized carbons (Fsp3) is 0.560. The smallest absolute Gasteiger partial charge is 0.326 e. The van der Waals surface area contributed by atoms with Crippen molar-refractivity contribution in [3.63, 3.8) is 0 Å². The number of hydrogen-bond acceptors (Lipinski definition) is 7. The average molecular weight is 522 g/mol. The molecule has 0 heterocycles. The number of benzene rings is 1. The summed E-state index contributed by atoms with van der Waals surface area (Å²) in [6.45, 7) is 3.82. The summed E-state index contributed by atoms with van der Waals surface area (Å²) in [6, 6.07) is 4.08. The lowest BCUT2D eigenvalue weighted by Gasteiger charge is -2.26. The Morgan fingerprint density at radius 3 is 2.03 bits per heavy atom. The number of nitrogens with one attached hydrogen (secondary N) is 3. The lowest BCUT2D eigenvalue weighted by Crippen LogP contribution is -2.58. The minimum absolute atomic E-state index is 0.142. The van der Waals surface area contributed by atoms with Crippen molar-refractivity contribution >= 4 is 29.7 Å². The standard InChI is InChI=1S/C25H39N5O7/c1-3-15(2)21(25(36)37)30-23(34)18(11-7-8-12-26)28-24(35)19(14-20(31)32)29-22(33)17(27)13-16-9-5-4-6-10-16/h4-6,9-10,15,17-19,21H,3,7-8,11-14,26-27H2,1-2H3,(H,28,35)(H,29,33)(H,30,34)(H,31,32)(H,36,37). The third kappa shape index (κ3) is 11.4. The van der Waals surface area contributed by atoms with Gasteiger partial charge < -0.3 is 37.6 Å². The van der Waals surface area contributed by atoms with Crippen molar-refractivity contribution in [1.82, 2.24) is 16.0 Å². The second-order valence-corrected chi connectivity index (χ2v) is 9.01. The van der Waals surface area contributed by atoms with E-state index in [-0.39, 0.29) is 18.8 Å². The van der Waals surface area contributed by atoms with E-state index in [1.54, 1.807) is 38.1 Å². The minimum atomic E-state index is -1.50.